The topological polar surface area (TPSA) is 84.9 Å². The van der Waals surface area contributed by atoms with Gasteiger partial charge in [0.2, 0.25) is 5.91 Å². The molecule has 3 rings (SSSR count). The van der Waals surface area contributed by atoms with Crippen LogP contribution in [0.2, 0.25) is 0 Å². The van der Waals surface area contributed by atoms with Crippen molar-refractivity contribution < 1.29 is 23.9 Å². The van der Waals surface area contributed by atoms with Crippen LogP contribution in [-0.2, 0) is 19.1 Å². The molecule has 25 heavy (non-hydrogen) atoms. The van der Waals surface area contributed by atoms with E-state index in [1.54, 1.807) is 24.3 Å². The SMILES string of the molecule is C[C@H](NC(=O)COC(=O)CN1C(=O)CCOc2ccccc21)C1CC1. The second-order valence-corrected chi connectivity index (χ2v) is 6.40. The third kappa shape index (κ3) is 4.49. The number of para-hydroxylation sites is 2. The number of hydrogen-bond donors (Lipinski definition) is 1. The molecular weight excluding hydrogens is 324 g/mol. The monoisotopic (exact) mass is 346 g/mol. The Bertz CT molecular complexity index is 671. The molecule has 1 aromatic rings. The summed E-state index contributed by atoms with van der Waals surface area (Å²) in [6.07, 6.45) is 2.43. The number of benzene rings is 1. The maximum absolute atomic E-state index is 12.2. The number of ether oxygens (including phenoxy) is 2. The number of hydrogen-bond acceptors (Lipinski definition) is 5. The van der Waals surface area contributed by atoms with Gasteiger partial charge < -0.3 is 14.8 Å². The molecule has 7 heteroatoms. The number of fused-ring (bicyclic) bond motifs is 1. The first-order valence-electron chi connectivity index (χ1n) is 8.52. The predicted molar refractivity (Wildman–Crippen MR) is 90.2 cm³/mol. The van der Waals surface area contributed by atoms with E-state index in [9.17, 15) is 14.4 Å². The van der Waals surface area contributed by atoms with Crippen LogP contribution in [0.15, 0.2) is 24.3 Å². The lowest BCUT2D eigenvalue weighted by atomic mass is 10.2. The first-order chi connectivity index (χ1) is 12.0. The highest BCUT2D eigenvalue weighted by Gasteiger charge is 2.29. The Morgan fingerprint density at radius 3 is 2.88 bits per heavy atom. The highest BCUT2D eigenvalue weighted by atomic mass is 16.5. The van der Waals surface area contributed by atoms with Crippen molar-refractivity contribution in [2.75, 3.05) is 24.7 Å². The van der Waals surface area contributed by atoms with Crippen molar-refractivity contribution in [3.05, 3.63) is 24.3 Å². The molecule has 134 valence electrons. The zero-order valence-corrected chi connectivity index (χ0v) is 14.2. The van der Waals surface area contributed by atoms with Crippen LogP contribution in [0.1, 0.15) is 26.2 Å². The van der Waals surface area contributed by atoms with Gasteiger partial charge in [0.15, 0.2) is 6.61 Å². The fourth-order valence-corrected chi connectivity index (χ4v) is 2.82. The summed E-state index contributed by atoms with van der Waals surface area (Å²) in [5.41, 5.74) is 0.536. The van der Waals surface area contributed by atoms with Gasteiger partial charge >= 0.3 is 5.97 Å². The lowest BCUT2D eigenvalue weighted by molar-refractivity contribution is -0.147. The number of amides is 2. The number of nitrogens with zero attached hydrogens (tertiary/aromatic N) is 1. The molecule has 0 radical (unpaired) electrons. The van der Waals surface area contributed by atoms with E-state index in [0.717, 1.165) is 12.8 Å². The minimum Gasteiger partial charge on any atom is -0.491 e. The van der Waals surface area contributed by atoms with Crippen LogP contribution in [0.25, 0.3) is 0 Å². The normalized spacial score (nSPS) is 17.8. The number of carbonyl (C=O) groups excluding carboxylic acids is 3. The average Bonchev–Trinajstić information content (AvgIpc) is 3.43. The Kier molecular flexibility index (Phi) is 5.21. The summed E-state index contributed by atoms with van der Waals surface area (Å²) in [6, 6.07) is 7.14. The maximum atomic E-state index is 12.2. The minimum atomic E-state index is -0.626. The van der Waals surface area contributed by atoms with Crippen molar-refractivity contribution in [1.29, 1.82) is 0 Å². The standard InChI is InChI=1S/C18H22N2O5/c1-12(13-6-7-13)19-16(21)11-25-18(23)10-20-14-4-2-3-5-15(14)24-9-8-17(20)22/h2-5,12-13H,6-11H2,1H3,(H,19,21)/t12-/m0/s1. The molecule has 1 N–H and O–H groups in total. The van der Waals surface area contributed by atoms with Gasteiger partial charge in [0.25, 0.3) is 5.91 Å². The first-order valence-corrected chi connectivity index (χ1v) is 8.52. The molecule has 0 bridgehead atoms. The van der Waals surface area contributed by atoms with Gasteiger partial charge in [0.05, 0.1) is 18.7 Å². The van der Waals surface area contributed by atoms with Crippen molar-refractivity contribution in [2.24, 2.45) is 5.92 Å². The van der Waals surface area contributed by atoms with Crippen LogP contribution < -0.4 is 15.0 Å². The zero-order valence-electron chi connectivity index (χ0n) is 14.2. The molecule has 1 heterocycles. The van der Waals surface area contributed by atoms with Gasteiger partial charge in [-0.2, -0.15) is 0 Å². The molecule has 0 saturated heterocycles. The van der Waals surface area contributed by atoms with Crippen LogP contribution in [0.5, 0.6) is 5.75 Å². The molecule has 1 fully saturated rings. The Labute approximate surface area is 146 Å². The van der Waals surface area contributed by atoms with Crippen LogP contribution in [-0.4, -0.2) is 43.6 Å². The maximum Gasteiger partial charge on any atom is 0.326 e. The van der Waals surface area contributed by atoms with E-state index in [2.05, 4.69) is 5.32 Å². The van der Waals surface area contributed by atoms with E-state index in [1.807, 2.05) is 6.92 Å². The smallest absolute Gasteiger partial charge is 0.326 e. The first kappa shape index (κ1) is 17.3. The Balaban J connectivity index is 1.54. The Morgan fingerprint density at radius 1 is 1.36 bits per heavy atom. The molecule has 1 atom stereocenters. The van der Waals surface area contributed by atoms with Crippen molar-refractivity contribution in [3.8, 4) is 5.75 Å². The lowest BCUT2D eigenvalue weighted by Gasteiger charge is -2.21. The van der Waals surface area contributed by atoms with Gasteiger partial charge in [0, 0.05) is 6.04 Å². The molecule has 0 aromatic heterocycles. The average molecular weight is 346 g/mol. The molecule has 1 aliphatic heterocycles. The lowest BCUT2D eigenvalue weighted by Crippen LogP contribution is -2.39. The molecule has 2 aliphatic rings. The van der Waals surface area contributed by atoms with Crippen LogP contribution in [0.3, 0.4) is 0 Å². The van der Waals surface area contributed by atoms with Crippen molar-refractivity contribution >= 4 is 23.5 Å². The third-order valence-corrected chi connectivity index (χ3v) is 4.40. The van der Waals surface area contributed by atoms with Crippen molar-refractivity contribution in [3.63, 3.8) is 0 Å². The van der Waals surface area contributed by atoms with Gasteiger partial charge in [-0.15, -0.1) is 0 Å². The van der Waals surface area contributed by atoms with E-state index in [1.165, 1.54) is 4.90 Å². The van der Waals surface area contributed by atoms with Gasteiger partial charge in [-0.1, -0.05) is 12.1 Å². The number of rotatable bonds is 6. The van der Waals surface area contributed by atoms with Crippen molar-refractivity contribution in [2.45, 2.75) is 32.2 Å². The summed E-state index contributed by atoms with van der Waals surface area (Å²) in [4.78, 5) is 37.5. The molecule has 2 amide bonds. The third-order valence-electron chi connectivity index (χ3n) is 4.40. The zero-order chi connectivity index (χ0) is 17.8. The quantitative estimate of drug-likeness (QED) is 0.784. The molecule has 1 aliphatic carbocycles. The predicted octanol–water partition coefficient (Wildman–Crippen LogP) is 1.26. The van der Waals surface area contributed by atoms with Gasteiger partial charge in [-0.05, 0) is 37.8 Å². The summed E-state index contributed by atoms with van der Waals surface area (Å²) >= 11 is 0. The molecule has 1 saturated carbocycles. The molecule has 1 aromatic carbocycles. The second-order valence-electron chi connectivity index (χ2n) is 6.40. The summed E-state index contributed by atoms with van der Waals surface area (Å²) in [5.74, 6) is -0.0744. The Morgan fingerprint density at radius 2 is 2.12 bits per heavy atom. The molecular formula is C18H22N2O5. The second kappa shape index (κ2) is 7.55. The summed E-state index contributed by atoms with van der Waals surface area (Å²) < 4.78 is 10.5. The number of anilines is 1. The highest BCUT2D eigenvalue weighted by Crippen LogP contribution is 2.32. The summed E-state index contributed by atoms with van der Waals surface area (Å²) in [5, 5.41) is 2.82. The highest BCUT2D eigenvalue weighted by molar-refractivity contribution is 5.99. The largest absolute Gasteiger partial charge is 0.491 e. The number of esters is 1. The van der Waals surface area contributed by atoms with Gasteiger partial charge in [-0.3, -0.25) is 19.3 Å². The van der Waals surface area contributed by atoms with Gasteiger partial charge in [-0.25, -0.2) is 0 Å². The molecule has 7 nitrogen and oxygen atoms in total. The fraction of sp³-hybridized carbons (Fsp3) is 0.500. The molecule has 0 spiro atoms. The van der Waals surface area contributed by atoms with E-state index in [0.29, 0.717) is 17.4 Å². The minimum absolute atomic E-state index is 0.0995. The summed E-state index contributed by atoms with van der Waals surface area (Å²) in [6.45, 7) is 1.63. The van der Waals surface area contributed by atoms with Gasteiger partial charge in [0.1, 0.15) is 12.3 Å². The fourth-order valence-electron chi connectivity index (χ4n) is 2.82. The summed E-state index contributed by atoms with van der Waals surface area (Å²) in [7, 11) is 0. The van der Waals surface area contributed by atoms with Crippen LogP contribution in [0.4, 0.5) is 5.69 Å². The number of carbonyl (C=O) groups is 3. The van der Waals surface area contributed by atoms with E-state index >= 15 is 0 Å². The van der Waals surface area contributed by atoms with Crippen LogP contribution >= 0.6 is 0 Å². The number of nitrogens with one attached hydrogen (secondary N) is 1. The van der Waals surface area contributed by atoms with E-state index in [4.69, 9.17) is 9.47 Å². The molecule has 0 unspecified atom stereocenters. The van der Waals surface area contributed by atoms with Crippen LogP contribution in [0, 0.1) is 5.92 Å². The van der Waals surface area contributed by atoms with E-state index in [-0.39, 0.29) is 44.0 Å². The van der Waals surface area contributed by atoms with E-state index < -0.39 is 5.97 Å². The Hall–Kier alpha value is -2.57. The van der Waals surface area contributed by atoms with Crippen molar-refractivity contribution in [1.82, 2.24) is 5.32 Å².